The number of sulfone groups is 1. The van der Waals surface area contributed by atoms with E-state index in [1.54, 1.807) is 0 Å². The number of amides is 1. The van der Waals surface area contributed by atoms with Gasteiger partial charge in [-0.3, -0.25) is 14.7 Å². The molecule has 2 rings (SSSR count). The van der Waals surface area contributed by atoms with Crippen LogP contribution >= 0.6 is 0 Å². The summed E-state index contributed by atoms with van der Waals surface area (Å²) in [5, 5.41) is 15.3. The van der Waals surface area contributed by atoms with Crippen LogP contribution in [0.15, 0.2) is 0 Å². The minimum Gasteiger partial charge on any atom is -0.480 e. The van der Waals surface area contributed by atoms with Crippen molar-refractivity contribution in [2.24, 2.45) is 0 Å². The Morgan fingerprint density at radius 2 is 2.19 bits per heavy atom. The summed E-state index contributed by atoms with van der Waals surface area (Å²) in [6.07, 6.45) is 0.781. The van der Waals surface area contributed by atoms with Crippen LogP contribution in [0.4, 0.5) is 0 Å². The highest BCUT2D eigenvalue weighted by molar-refractivity contribution is 7.91. The Bertz CT molecular complexity index is 653. The summed E-state index contributed by atoms with van der Waals surface area (Å²) in [7, 11) is -3.23. The number of carbonyl (C=O) groups is 2. The number of aromatic nitrogens is 3. The molecule has 1 aromatic heterocycles. The molecule has 1 aliphatic rings. The van der Waals surface area contributed by atoms with E-state index in [2.05, 4.69) is 15.2 Å². The number of aromatic amines is 1. The lowest BCUT2D eigenvalue weighted by atomic mass is 10.2. The average molecular weight is 316 g/mol. The normalized spacial score (nSPS) is 20.3. The fourth-order valence-electron chi connectivity index (χ4n) is 2.21. The third-order valence-electron chi connectivity index (χ3n) is 3.27. The number of carbonyl (C=O) groups excluding carboxylic acids is 1. The molecule has 10 heteroatoms. The number of nitrogens with one attached hydrogen (secondary N) is 1. The minimum atomic E-state index is -3.23. The molecule has 9 nitrogen and oxygen atoms in total. The van der Waals surface area contributed by atoms with Gasteiger partial charge in [0, 0.05) is 12.5 Å². The first kappa shape index (κ1) is 15.4. The van der Waals surface area contributed by atoms with Gasteiger partial charge in [-0.15, -0.1) is 5.10 Å². The first-order chi connectivity index (χ1) is 9.82. The van der Waals surface area contributed by atoms with E-state index in [-0.39, 0.29) is 23.8 Å². The number of hydrogen-bond acceptors (Lipinski definition) is 6. The van der Waals surface area contributed by atoms with Gasteiger partial charge in [-0.25, -0.2) is 13.4 Å². The van der Waals surface area contributed by atoms with Crippen molar-refractivity contribution in [1.82, 2.24) is 20.1 Å². The van der Waals surface area contributed by atoms with Crippen molar-refractivity contribution in [3.8, 4) is 0 Å². The molecule has 2 N–H and O–H groups in total. The smallest absolute Gasteiger partial charge is 0.323 e. The zero-order valence-corrected chi connectivity index (χ0v) is 12.3. The van der Waals surface area contributed by atoms with Crippen LogP contribution in [0, 0.1) is 0 Å². The third-order valence-corrected chi connectivity index (χ3v) is 5.02. The molecule has 0 radical (unpaired) electrons. The number of nitrogens with zero attached hydrogens (tertiary/aromatic N) is 3. The molecular weight excluding hydrogens is 300 g/mol. The van der Waals surface area contributed by atoms with Crippen LogP contribution in [-0.4, -0.2) is 69.6 Å². The first-order valence-electron chi connectivity index (χ1n) is 6.47. The molecule has 1 saturated heterocycles. The number of H-pyrrole nitrogens is 1. The fourth-order valence-corrected chi connectivity index (χ4v) is 3.94. The van der Waals surface area contributed by atoms with Gasteiger partial charge >= 0.3 is 5.97 Å². The minimum absolute atomic E-state index is 0.0464. The van der Waals surface area contributed by atoms with Gasteiger partial charge in [0.25, 0.3) is 5.91 Å². The summed E-state index contributed by atoms with van der Waals surface area (Å²) in [6, 6.07) is -0.651. The Morgan fingerprint density at radius 1 is 1.48 bits per heavy atom. The summed E-state index contributed by atoms with van der Waals surface area (Å²) >= 11 is 0. The molecule has 0 aliphatic carbocycles. The number of hydrogen-bond donors (Lipinski definition) is 2. The van der Waals surface area contributed by atoms with Gasteiger partial charge in [0.15, 0.2) is 9.84 Å². The van der Waals surface area contributed by atoms with E-state index >= 15 is 0 Å². The van der Waals surface area contributed by atoms with E-state index in [4.69, 9.17) is 5.11 Å². The highest BCUT2D eigenvalue weighted by Crippen LogP contribution is 2.19. The van der Waals surface area contributed by atoms with E-state index in [0.717, 1.165) is 4.90 Å². The SMILES string of the molecule is CCc1nc(C(=O)N(CC(=O)O)C2CCS(=O)(=O)C2)n[nH]1. The maximum Gasteiger partial charge on any atom is 0.323 e. The van der Waals surface area contributed by atoms with Crippen molar-refractivity contribution in [1.29, 1.82) is 0 Å². The maximum absolute atomic E-state index is 12.3. The van der Waals surface area contributed by atoms with Crippen LogP contribution in [0.3, 0.4) is 0 Å². The first-order valence-corrected chi connectivity index (χ1v) is 8.29. The predicted octanol–water partition coefficient (Wildman–Crippen LogP) is -0.919. The zero-order valence-electron chi connectivity index (χ0n) is 11.4. The van der Waals surface area contributed by atoms with Crippen LogP contribution in [0.1, 0.15) is 29.8 Å². The molecule has 21 heavy (non-hydrogen) atoms. The van der Waals surface area contributed by atoms with Crippen LogP contribution in [0.2, 0.25) is 0 Å². The molecule has 2 heterocycles. The molecule has 1 atom stereocenters. The molecule has 0 saturated carbocycles. The van der Waals surface area contributed by atoms with E-state index in [1.807, 2.05) is 6.92 Å². The lowest BCUT2D eigenvalue weighted by molar-refractivity contribution is -0.138. The number of aliphatic carboxylic acids is 1. The number of aryl methyl sites for hydroxylation is 1. The second-order valence-corrected chi connectivity index (χ2v) is 7.07. The number of rotatable bonds is 5. The van der Waals surface area contributed by atoms with Gasteiger partial charge in [-0.2, -0.15) is 0 Å². The van der Waals surface area contributed by atoms with Gasteiger partial charge in [0.2, 0.25) is 5.82 Å². The highest BCUT2D eigenvalue weighted by atomic mass is 32.2. The van der Waals surface area contributed by atoms with Crippen molar-refractivity contribution < 1.29 is 23.1 Å². The summed E-state index contributed by atoms with van der Waals surface area (Å²) in [6.45, 7) is 1.25. The summed E-state index contributed by atoms with van der Waals surface area (Å²) in [5.74, 6) is -1.79. The van der Waals surface area contributed by atoms with E-state index in [0.29, 0.717) is 12.2 Å². The van der Waals surface area contributed by atoms with Gasteiger partial charge < -0.3 is 10.0 Å². The Morgan fingerprint density at radius 3 is 2.67 bits per heavy atom. The Kier molecular flexibility index (Phi) is 4.26. The highest BCUT2D eigenvalue weighted by Gasteiger charge is 2.37. The van der Waals surface area contributed by atoms with E-state index in [9.17, 15) is 18.0 Å². The molecule has 1 unspecified atom stereocenters. The second-order valence-electron chi connectivity index (χ2n) is 4.84. The van der Waals surface area contributed by atoms with Crippen LogP contribution < -0.4 is 0 Å². The maximum atomic E-state index is 12.3. The lowest BCUT2D eigenvalue weighted by Crippen LogP contribution is -2.44. The molecular formula is C11H16N4O5S. The lowest BCUT2D eigenvalue weighted by Gasteiger charge is -2.25. The van der Waals surface area contributed by atoms with Crippen LogP contribution in [0.5, 0.6) is 0 Å². The van der Waals surface area contributed by atoms with Gasteiger partial charge in [0.1, 0.15) is 12.4 Å². The Labute approximate surface area is 121 Å². The molecule has 116 valence electrons. The van der Waals surface area contributed by atoms with Gasteiger partial charge in [-0.05, 0) is 6.42 Å². The zero-order chi connectivity index (χ0) is 15.6. The summed E-state index contributed by atoms with van der Waals surface area (Å²) in [4.78, 5) is 28.3. The topological polar surface area (TPSA) is 133 Å². The Balaban J connectivity index is 2.23. The van der Waals surface area contributed by atoms with E-state index < -0.39 is 34.3 Å². The second kappa shape index (κ2) is 5.80. The quantitative estimate of drug-likeness (QED) is 0.717. The molecule has 1 aliphatic heterocycles. The van der Waals surface area contributed by atoms with Crippen LogP contribution in [-0.2, 0) is 21.1 Å². The van der Waals surface area contributed by atoms with Crippen molar-refractivity contribution in [2.45, 2.75) is 25.8 Å². The molecule has 1 amide bonds. The largest absolute Gasteiger partial charge is 0.480 e. The van der Waals surface area contributed by atoms with Gasteiger partial charge in [0.05, 0.1) is 11.5 Å². The third kappa shape index (κ3) is 3.57. The monoisotopic (exact) mass is 316 g/mol. The molecule has 0 spiro atoms. The fraction of sp³-hybridized carbons (Fsp3) is 0.636. The summed E-state index contributed by atoms with van der Waals surface area (Å²) < 4.78 is 23.0. The number of carboxylic acids is 1. The Hall–Kier alpha value is -1.97. The van der Waals surface area contributed by atoms with Gasteiger partial charge in [-0.1, -0.05) is 6.92 Å². The summed E-state index contributed by atoms with van der Waals surface area (Å²) in [5.41, 5.74) is 0. The van der Waals surface area contributed by atoms with Crippen molar-refractivity contribution in [3.63, 3.8) is 0 Å². The average Bonchev–Trinajstić information content (AvgIpc) is 3.01. The molecule has 0 bridgehead atoms. The van der Waals surface area contributed by atoms with Crippen molar-refractivity contribution in [3.05, 3.63) is 11.6 Å². The van der Waals surface area contributed by atoms with E-state index in [1.165, 1.54) is 0 Å². The molecule has 1 aromatic rings. The number of carboxylic acid groups (broad SMARTS) is 1. The standard InChI is InChI=1S/C11H16N4O5S/c1-2-8-12-10(14-13-8)11(18)15(5-9(16)17)7-3-4-21(19,20)6-7/h7H,2-6H2,1H3,(H,16,17)(H,12,13,14). The van der Waals surface area contributed by atoms with Crippen LogP contribution in [0.25, 0.3) is 0 Å². The molecule has 1 fully saturated rings. The van der Waals surface area contributed by atoms with Crippen molar-refractivity contribution in [2.75, 3.05) is 18.1 Å². The molecule has 0 aromatic carbocycles. The van der Waals surface area contributed by atoms with Crippen molar-refractivity contribution >= 4 is 21.7 Å². The predicted molar refractivity (Wildman–Crippen MR) is 71.5 cm³/mol.